The molecule has 2 nitrogen and oxygen atoms in total. The Bertz CT molecular complexity index is 644. The van der Waals surface area contributed by atoms with Gasteiger partial charge in [0.05, 0.1) is 0 Å². The van der Waals surface area contributed by atoms with Gasteiger partial charge in [-0.25, -0.2) is 0 Å². The summed E-state index contributed by atoms with van der Waals surface area (Å²) in [6.07, 6.45) is 11.7. The van der Waals surface area contributed by atoms with Crippen molar-refractivity contribution in [3.8, 4) is 0 Å². The van der Waals surface area contributed by atoms with Crippen molar-refractivity contribution in [1.29, 1.82) is 0 Å². The van der Waals surface area contributed by atoms with Gasteiger partial charge >= 0.3 is 0 Å². The van der Waals surface area contributed by atoms with Crippen molar-refractivity contribution in [1.82, 2.24) is 0 Å². The third-order valence-corrected chi connectivity index (χ3v) is 5.86. The van der Waals surface area contributed by atoms with E-state index in [9.17, 15) is 4.79 Å². The molecule has 0 saturated heterocycles. The molecule has 0 bridgehead atoms. The summed E-state index contributed by atoms with van der Waals surface area (Å²) in [7, 11) is 0. The molecule has 142 valence electrons. The number of carbonyl (C=O) groups excluding carboxylic acids is 1. The van der Waals surface area contributed by atoms with Gasteiger partial charge in [0.25, 0.3) is 0 Å². The highest BCUT2D eigenvalue weighted by Gasteiger charge is 2.04. The Morgan fingerprint density at radius 3 is 2.38 bits per heavy atom. The number of anilines is 1. The van der Waals surface area contributed by atoms with Crippen LogP contribution in [0.4, 0.5) is 5.69 Å². The number of hydrogen-bond acceptors (Lipinski definition) is 3. The maximum Gasteiger partial charge on any atom is 0.159 e. The fourth-order valence-corrected chi connectivity index (χ4v) is 4.19. The quantitative estimate of drug-likeness (QED) is 0.306. The molecule has 1 aromatic heterocycles. The lowest BCUT2D eigenvalue weighted by atomic mass is 10.0. The van der Waals surface area contributed by atoms with Crippen LogP contribution in [0.5, 0.6) is 0 Å². The molecule has 3 heteroatoms. The highest BCUT2D eigenvalue weighted by Crippen LogP contribution is 2.21. The summed E-state index contributed by atoms with van der Waals surface area (Å²) >= 11 is 1.91. The Balaban J connectivity index is 1.65. The topological polar surface area (TPSA) is 29.1 Å². The lowest BCUT2D eigenvalue weighted by Crippen LogP contribution is -2.03. The highest BCUT2D eigenvalue weighted by atomic mass is 32.1. The third kappa shape index (κ3) is 7.33. The molecule has 0 aliphatic heterocycles. The highest BCUT2D eigenvalue weighted by molar-refractivity contribution is 7.10. The van der Waals surface area contributed by atoms with Gasteiger partial charge < -0.3 is 5.32 Å². The van der Waals surface area contributed by atoms with E-state index in [0.717, 1.165) is 30.6 Å². The van der Waals surface area contributed by atoms with Crippen LogP contribution < -0.4 is 5.32 Å². The van der Waals surface area contributed by atoms with E-state index in [1.54, 1.807) is 17.4 Å². The number of hydrogen-bond donors (Lipinski definition) is 1. The van der Waals surface area contributed by atoms with Crippen LogP contribution in [0.3, 0.4) is 0 Å². The van der Waals surface area contributed by atoms with Crippen LogP contribution in [0.25, 0.3) is 0 Å². The molecule has 0 saturated carbocycles. The molecule has 0 amide bonds. The Kier molecular flexibility index (Phi) is 9.47. The predicted octanol–water partition coefficient (Wildman–Crippen LogP) is 6.90. The smallest absolute Gasteiger partial charge is 0.159 e. The molecule has 0 radical (unpaired) electrons. The molecule has 0 aliphatic carbocycles. The predicted molar refractivity (Wildman–Crippen MR) is 115 cm³/mol. The largest absolute Gasteiger partial charge is 0.385 e. The number of ketones is 1. The number of unbranched alkanes of at least 4 members (excludes halogenated alkanes) is 5. The molecule has 2 rings (SSSR count). The Labute approximate surface area is 163 Å². The first-order valence-corrected chi connectivity index (χ1v) is 11.0. The summed E-state index contributed by atoms with van der Waals surface area (Å²) < 4.78 is 0. The maximum atomic E-state index is 11.3. The van der Waals surface area contributed by atoms with E-state index in [0.29, 0.717) is 0 Å². The van der Waals surface area contributed by atoms with Gasteiger partial charge in [-0.2, -0.15) is 0 Å². The van der Waals surface area contributed by atoms with E-state index in [4.69, 9.17) is 0 Å². The van der Waals surface area contributed by atoms with Crippen LogP contribution in [0.15, 0.2) is 35.7 Å². The van der Waals surface area contributed by atoms with Crippen LogP contribution in [0.2, 0.25) is 0 Å². The minimum absolute atomic E-state index is 0.118. The average molecular weight is 372 g/mol. The van der Waals surface area contributed by atoms with Crippen LogP contribution in [-0.2, 0) is 12.8 Å². The first-order chi connectivity index (χ1) is 12.7. The fraction of sp³-hybridized carbons (Fsp3) is 0.522. The summed E-state index contributed by atoms with van der Waals surface area (Å²) in [5, 5.41) is 5.70. The van der Waals surface area contributed by atoms with E-state index < -0.39 is 0 Å². The standard InChI is InChI=1S/C23H33NOS/c1-3-4-5-6-7-8-10-21-16-18-26-23(21)11-9-17-24-22-14-12-20(13-15-22)19(2)25/h12-16,18,24H,3-11,17H2,1-2H3. The Hall–Kier alpha value is -1.61. The molecule has 0 fully saturated rings. The average Bonchev–Trinajstić information content (AvgIpc) is 3.09. The van der Waals surface area contributed by atoms with Crippen molar-refractivity contribution in [2.24, 2.45) is 0 Å². The molecule has 0 unspecified atom stereocenters. The van der Waals surface area contributed by atoms with Crippen LogP contribution >= 0.6 is 11.3 Å². The van der Waals surface area contributed by atoms with Gasteiger partial charge in [0.15, 0.2) is 5.78 Å². The number of rotatable bonds is 13. The molecular weight excluding hydrogens is 338 g/mol. The van der Waals surface area contributed by atoms with Crippen molar-refractivity contribution in [3.63, 3.8) is 0 Å². The number of carbonyl (C=O) groups is 1. The third-order valence-electron chi connectivity index (χ3n) is 4.84. The van der Waals surface area contributed by atoms with Crippen molar-refractivity contribution >= 4 is 22.8 Å². The zero-order valence-corrected chi connectivity index (χ0v) is 17.2. The second-order valence-electron chi connectivity index (χ2n) is 7.05. The SMILES string of the molecule is CCCCCCCCc1ccsc1CCCNc1ccc(C(C)=O)cc1. The lowest BCUT2D eigenvalue weighted by molar-refractivity contribution is 0.101. The molecular formula is C23H33NOS. The number of benzene rings is 1. The number of aryl methyl sites for hydroxylation is 2. The summed E-state index contributed by atoms with van der Waals surface area (Å²) in [5.74, 6) is 0.118. The minimum Gasteiger partial charge on any atom is -0.385 e. The van der Waals surface area contributed by atoms with Gasteiger partial charge in [0.1, 0.15) is 0 Å². The first-order valence-electron chi connectivity index (χ1n) is 10.1. The van der Waals surface area contributed by atoms with Crippen molar-refractivity contribution in [3.05, 3.63) is 51.7 Å². The second-order valence-corrected chi connectivity index (χ2v) is 8.05. The zero-order chi connectivity index (χ0) is 18.6. The number of thiophene rings is 1. The van der Waals surface area contributed by atoms with Crippen molar-refractivity contribution in [2.45, 2.75) is 71.6 Å². The molecule has 1 aromatic carbocycles. The van der Waals surface area contributed by atoms with Gasteiger partial charge in [0, 0.05) is 22.7 Å². The monoisotopic (exact) mass is 371 g/mol. The molecule has 0 aliphatic rings. The van der Waals surface area contributed by atoms with Crippen LogP contribution in [0.1, 0.15) is 79.6 Å². The van der Waals surface area contributed by atoms with E-state index in [1.165, 1.54) is 44.9 Å². The molecule has 26 heavy (non-hydrogen) atoms. The summed E-state index contributed by atoms with van der Waals surface area (Å²) in [4.78, 5) is 12.9. The van der Waals surface area contributed by atoms with E-state index >= 15 is 0 Å². The molecule has 2 aromatic rings. The summed E-state index contributed by atoms with van der Waals surface area (Å²) in [5.41, 5.74) is 3.43. The normalized spacial score (nSPS) is 10.8. The Morgan fingerprint density at radius 1 is 0.923 bits per heavy atom. The van der Waals surface area contributed by atoms with Gasteiger partial charge in [-0.1, -0.05) is 39.0 Å². The Morgan fingerprint density at radius 2 is 1.65 bits per heavy atom. The molecule has 1 N–H and O–H groups in total. The minimum atomic E-state index is 0.118. The van der Waals surface area contributed by atoms with E-state index in [2.05, 4.69) is 23.7 Å². The van der Waals surface area contributed by atoms with Crippen LogP contribution in [0, 0.1) is 0 Å². The molecule has 1 heterocycles. The second kappa shape index (κ2) is 11.9. The van der Waals surface area contributed by atoms with Crippen molar-refractivity contribution in [2.75, 3.05) is 11.9 Å². The molecule has 0 atom stereocenters. The fourth-order valence-electron chi connectivity index (χ4n) is 3.21. The maximum absolute atomic E-state index is 11.3. The number of Topliss-reactive ketones (excluding diaryl/α,β-unsaturated/α-hetero) is 1. The van der Waals surface area contributed by atoms with Crippen molar-refractivity contribution < 1.29 is 4.79 Å². The van der Waals surface area contributed by atoms with E-state index in [-0.39, 0.29) is 5.78 Å². The number of nitrogens with one attached hydrogen (secondary N) is 1. The van der Waals surface area contributed by atoms with Gasteiger partial charge in [-0.15, -0.1) is 11.3 Å². The van der Waals surface area contributed by atoms with Gasteiger partial charge in [-0.05, 0) is 73.9 Å². The van der Waals surface area contributed by atoms with Gasteiger partial charge in [0.2, 0.25) is 0 Å². The lowest BCUT2D eigenvalue weighted by Gasteiger charge is -2.08. The molecule has 0 spiro atoms. The van der Waals surface area contributed by atoms with Crippen LogP contribution in [-0.4, -0.2) is 12.3 Å². The zero-order valence-electron chi connectivity index (χ0n) is 16.4. The van der Waals surface area contributed by atoms with Gasteiger partial charge in [-0.3, -0.25) is 4.79 Å². The van der Waals surface area contributed by atoms with E-state index in [1.807, 2.05) is 35.6 Å². The first kappa shape index (κ1) is 20.7. The summed E-state index contributed by atoms with van der Waals surface area (Å²) in [6, 6.07) is 10.1. The summed E-state index contributed by atoms with van der Waals surface area (Å²) in [6.45, 7) is 4.84.